The number of nitrogens with two attached hydrogens (primary N) is 1. The van der Waals surface area contributed by atoms with Crippen LogP contribution in [0.3, 0.4) is 0 Å². The van der Waals surface area contributed by atoms with Gasteiger partial charge in [0.1, 0.15) is 0 Å². The van der Waals surface area contributed by atoms with Gasteiger partial charge >= 0.3 is 0 Å². The molecule has 0 bridgehead atoms. The molecule has 0 aliphatic heterocycles. The van der Waals surface area contributed by atoms with E-state index >= 15 is 0 Å². The van der Waals surface area contributed by atoms with E-state index in [2.05, 4.69) is 37.0 Å². The summed E-state index contributed by atoms with van der Waals surface area (Å²) in [6.45, 7) is 5.04. The Morgan fingerprint density at radius 1 is 1.47 bits per heavy atom. The first-order valence-corrected chi connectivity index (χ1v) is 6.09. The maximum Gasteiger partial charge on any atom is 0.0967 e. The van der Waals surface area contributed by atoms with E-state index in [4.69, 9.17) is 5.73 Å². The molecule has 15 heavy (non-hydrogen) atoms. The van der Waals surface area contributed by atoms with Gasteiger partial charge < -0.3 is 5.73 Å². The average molecular weight is 220 g/mol. The predicted molar refractivity (Wildman–Crippen MR) is 66.4 cm³/mol. The lowest BCUT2D eigenvalue weighted by Crippen LogP contribution is -2.03. The van der Waals surface area contributed by atoms with E-state index in [-0.39, 0.29) is 0 Å². The summed E-state index contributed by atoms with van der Waals surface area (Å²) in [7, 11) is 0. The molecule has 1 aromatic carbocycles. The van der Waals surface area contributed by atoms with E-state index in [1.807, 2.05) is 0 Å². The first kappa shape index (κ1) is 10.6. The van der Waals surface area contributed by atoms with Crippen LogP contribution in [0.5, 0.6) is 0 Å². The number of aryl methyl sites for hydroxylation is 1. The molecule has 1 heterocycles. The van der Waals surface area contributed by atoms with Gasteiger partial charge in [-0.1, -0.05) is 13.0 Å². The Morgan fingerprint density at radius 3 is 3.00 bits per heavy atom. The van der Waals surface area contributed by atoms with Crippen molar-refractivity contribution in [2.24, 2.45) is 5.73 Å². The molecule has 0 saturated heterocycles. The van der Waals surface area contributed by atoms with Crippen molar-refractivity contribution in [3.63, 3.8) is 0 Å². The molecular formula is C12H16N2S. The predicted octanol–water partition coefficient (Wildman–Crippen LogP) is 3.06. The minimum Gasteiger partial charge on any atom is -0.330 e. The topological polar surface area (TPSA) is 38.9 Å². The van der Waals surface area contributed by atoms with E-state index in [0.717, 1.165) is 18.5 Å². The second-order valence-electron chi connectivity index (χ2n) is 4.00. The quantitative estimate of drug-likeness (QED) is 0.863. The highest BCUT2D eigenvalue weighted by Gasteiger charge is 2.10. The van der Waals surface area contributed by atoms with Gasteiger partial charge in [-0.3, -0.25) is 0 Å². The Labute approximate surface area is 94.1 Å². The standard InChI is InChI=1S/C12H16N2S/c1-8-3-4-10-11(7-8)15-12(14-10)9(2)5-6-13/h3-4,7,9H,5-6,13H2,1-2H3. The van der Waals surface area contributed by atoms with Gasteiger partial charge in [-0.25, -0.2) is 4.98 Å². The van der Waals surface area contributed by atoms with E-state index in [0.29, 0.717) is 5.92 Å². The number of hydrogen-bond donors (Lipinski definition) is 1. The zero-order valence-corrected chi connectivity index (χ0v) is 9.97. The normalized spacial score (nSPS) is 13.3. The lowest BCUT2D eigenvalue weighted by Gasteiger charge is -2.03. The van der Waals surface area contributed by atoms with Gasteiger partial charge in [-0.2, -0.15) is 0 Å². The molecule has 0 spiro atoms. The highest BCUT2D eigenvalue weighted by Crippen LogP contribution is 2.29. The smallest absolute Gasteiger partial charge is 0.0967 e. The fourth-order valence-corrected chi connectivity index (χ4v) is 2.79. The Balaban J connectivity index is 2.38. The van der Waals surface area contributed by atoms with Gasteiger partial charge in [0.05, 0.1) is 15.2 Å². The molecule has 1 unspecified atom stereocenters. The monoisotopic (exact) mass is 220 g/mol. The number of hydrogen-bond acceptors (Lipinski definition) is 3. The number of thiazole rings is 1. The zero-order valence-electron chi connectivity index (χ0n) is 9.16. The number of benzene rings is 1. The number of fused-ring (bicyclic) bond motifs is 1. The van der Waals surface area contributed by atoms with Crippen molar-refractivity contribution in [1.29, 1.82) is 0 Å². The Kier molecular flexibility index (Phi) is 3.03. The Hall–Kier alpha value is -0.930. The van der Waals surface area contributed by atoms with Crippen molar-refractivity contribution in [1.82, 2.24) is 4.98 Å². The molecule has 2 rings (SSSR count). The molecule has 0 aliphatic carbocycles. The van der Waals surface area contributed by atoms with Crippen molar-refractivity contribution in [3.05, 3.63) is 28.8 Å². The molecule has 1 aromatic heterocycles. The lowest BCUT2D eigenvalue weighted by molar-refractivity contribution is 0.687. The average Bonchev–Trinajstić information content (AvgIpc) is 2.60. The highest BCUT2D eigenvalue weighted by atomic mass is 32.1. The summed E-state index contributed by atoms with van der Waals surface area (Å²) in [6.07, 6.45) is 1.01. The van der Waals surface area contributed by atoms with Crippen molar-refractivity contribution in [2.75, 3.05) is 6.54 Å². The molecule has 2 nitrogen and oxygen atoms in total. The minimum absolute atomic E-state index is 0.479. The summed E-state index contributed by atoms with van der Waals surface area (Å²) in [6, 6.07) is 6.41. The molecule has 0 amide bonds. The van der Waals surface area contributed by atoms with Crippen LogP contribution in [0, 0.1) is 6.92 Å². The number of aromatic nitrogens is 1. The summed E-state index contributed by atoms with van der Waals surface area (Å²) in [5, 5.41) is 1.21. The van der Waals surface area contributed by atoms with Gasteiger partial charge in [0.2, 0.25) is 0 Å². The highest BCUT2D eigenvalue weighted by molar-refractivity contribution is 7.18. The van der Waals surface area contributed by atoms with Crippen LogP contribution in [-0.4, -0.2) is 11.5 Å². The molecule has 0 aliphatic rings. The second-order valence-corrected chi connectivity index (χ2v) is 5.06. The van der Waals surface area contributed by atoms with Crippen LogP contribution < -0.4 is 5.73 Å². The molecule has 0 fully saturated rings. The largest absolute Gasteiger partial charge is 0.330 e. The Morgan fingerprint density at radius 2 is 2.27 bits per heavy atom. The van der Waals surface area contributed by atoms with Crippen molar-refractivity contribution < 1.29 is 0 Å². The third-order valence-corrected chi connectivity index (χ3v) is 3.83. The Bertz CT molecular complexity index is 462. The van der Waals surface area contributed by atoms with Gasteiger partial charge in [-0.15, -0.1) is 11.3 Å². The first-order chi connectivity index (χ1) is 7.20. The first-order valence-electron chi connectivity index (χ1n) is 5.28. The van der Waals surface area contributed by atoms with Crippen LogP contribution in [0.25, 0.3) is 10.2 Å². The van der Waals surface area contributed by atoms with Crippen LogP contribution in [0.1, 0.15) is 29.8 Å². The molecular weight excluding hydrogens is 204 g/mol. The molecule has 80 valence electrons. The zero-order chi connectivity index (χ0) is 10.8. The van der Waals surface area contributed by atoms with Crippen molar-refractivity contribution >= 4 is 21.6 Å². The third kappa shape index (κ3) is 2.19. The van der Waals surface area contributed by atoms with Crippen molar-refractivity contribution in [3.8, 4) is 0 Å². The SMILES string of the molecule is Cc1ccc2nc(C(C)CCN)sc2c1. The van der Waals surface area contributed by atoms with Crippen LogP contribution in [-0.2, 0) is 0 Å². The van der Waals surface area contributed by atoms with E-state index in [1.54, 1.807) is 11.3 Å². The van der Waals surface area contributed by atoms with Gasteiger partial charge in [0.15, 0.2) is 0 Å². The molecule has 1 atom stereocenters. The lowest BCUT2D eigenvalue weighted by atomic mass is 10.1. The van der Waals surface area contributed by atoms with E-state index in [9.17, 15) is 0 Å². The minimum atomic E-state index is 0.479. The van der Waals surface area contributed by atoms with Gasteiger partial charge in [0.25, 0.3) is 0 Å². The van der Waals surface area contributed by atoms with E-state index in [1.165, 1.54) is 15.3 Å². The number of rotatable bonds is 3. The third-order valence-electron chi connectivity index (χ3n) is 2.58. The number of nitrogens with zero attached hydrogens (tertiary/aromatic N) is 1. The van der Waals surface area contributed by atoms with Crippen LogP contribution in [0.2, 0.25) is 0 Å². The summed E-state index contributed by atoms with van der Waals surface area (Å²) in [5.74, 6) is 0.479. The van der Waals surface area contributed by atoms with Crippen molar-refractivity contribution in [2.45, 2.75) is 26.2 Å². The van der Waals surface area contributed by atoms with Gasteiger partial charge in [0, 0.05) is 5.92 Å². The summed E-state index contributed by atoms with van der Waals surface area (Å²) in [5.41, 5.74) is 7.97. The molecule has 2 aromatic rings. The van der Waals surface area contributed by atoms with E-state index < -0.39 is 0 Å². The molecule has 0 radical (unpaired) electrons. The summed E-state index contributed by atoms with van der Waals surface area (Å²) in [4.78, 5) is 4.64. The van der Waals surface area contributed by atoms with Gasteiger partial charge in [-0.05, 0) is 37.6 Å². The summed E-state index contributed by atoms with van der Waals surface area (Å²) < 4.78 is 1.29. The fourth-order valence-electron chi connectivity index (χ4n) is 1.63. The van der Waals surface area contributed by atoms with Crippen LogP contribution >= 0.6 is 11.3 Å². The molecule has 3 heteroatoms. The van der Waals surface area contributed by atoms with Crippen LogP contribution in [0.4, 0.5) is 0 Å². The summed E-state index contributed by atoms with van der Waals surface area (Å²) >= 11 is 1.79. The van der Waals surface area contributed by atoms with Crippen LogP contribution in [0.15, 0.2) is 18.2 Å². The maximum atomic E-state index is 5.56. The maximum absolute atomic E-state index is 5.56. The molecule has 0 saturated carbocycles. The second kappa shape index (κ2) is 4.29. The fraction of sp³-hybridized carbons (Fsp3) is 0.417. The molecule has 2 N–H and O–H groups in total.